The molecule has 0 atom stereocenters. The van der Waals surface area contributed by atoms with Gasteiger partial charge in [-0.2, -0.15) is 0 Å². The van der Waals surface area contributed by atoms with Gasteiger partial charge in [0.15, 0.2) is 17.1 Å². The van der Waals surface area contributed by atoms with Crippen molar-refractivity contribution >= 4 is 16.9 Å². The quantitative estimate of drug-likeness (QED) is 0.281. The molecule has 0 N–H and O–H groups in total. The Kier molecular flexibility index (Phi) is 7.44. The van der Waals surface area contributed by atoms with Gasteiger partial charge in [-0.1, -0.05) is 23.3 Å². The molecule has 2 rings (SSSR count). The maximum Gasteiger partial charge on any atom is 0.383 e. The number of esters is 1. The first-order valence-corrected chi connectivity index (χ1v) is 9.07. The van der Waals surface area contributed by atoms with Crippen molar-refractivity contribution in [2.24, 2.45) is 0 Å². The molecule has 0 fully saturated rings. The molecule has 150 valence electrons. The van der Waals surface area contributed by atoms with E-state index in [1.807, 2.05) is 13.0 Å². The first-order chi connectivity index (χ1) is 13.3. The molecule has 0 radical (unpaired) electrons. The van der Waals surface area contributed by atoms with E-state index in [4.69, 9.17) is 18.6 Å². The lowest BCUT2D eigenvalue weighted by molar-refractivity contribution is -0.131. The van der Waals surface area contributed by atoms with Crippen molar-refractivity contribution < 1.29 is 23.4 Å². The van der Waals surface area contributed by atoms with Crippen LogP contribution in [-0.2, 0) is 4.79 Å². The van der Waals surface area contributed by atoms with E-state index >= 15 is 0 Å². The molecule has 0 amide bonds. The highest BCUT2D eigenvalue weighted by molar-refractivity contribution is 5.91. The number of hydrogen-bond acceptors (Lipinski definition) is 6. The summed E-state index contributed by atoms with van der Waals surface area (Å²) in [5, 5.41) is 0.491. The van der Waals surface area contributed by atoms with Crippen LogP contribution in [0.4, 0.5) is 0 Å². The van der Waals surface area contributed by atoms with Crippen LogP contribution in [0.15, 0.2) is 50.7 Å². The summed E-state index contributed by atoms with van der Waals surface area (Å²) in [6, 6.07) is 4.96. The molecule has 2 aromatic rings. The van der Waals surface area contributed by atoms with Gasteiger partial charge in [0, 0.05) is 6.92 Å². The third-order valence-corrected chi connectivity index (χ3v) is 4.02. The zero-order valence-corrected chi connectivity index (χ0v) is 17.0. The lowest BCUT2D eigenvalue weighted by atomic mass is 10.1. The minimum absolute atomic E-state index is 0.0249. The van der Waals surface area contributed by atoms with Crippen molar-refractivity contribution in [3.8, 4) is 17.2 Å². The summed E-state index contributed by atoms with van der Waals surface area (Å²) in [6.45, 7) is 7.74. The minimum Gasteiger partial charge on any atom is -0.487 e. The molecular formula is C22H26O6. The van der Waals surface area contributed by atoms with Crippen LogP contribution < -0.4 is 19.8 Å². The van der Waals surface area contributed by atoms with Gasteiger partial charge in [0.25, 0.3) is 0 Å². The van der Waals surface area contributed by atoms with Gasteiger partial charge in [-0.25, -0.2) is 4.79 Å². The first-order valence-electron chi connectivity index (χ1n) is 9.07. The fourth-order valence-electron chi connectivity index (χ4n) is 2.67. The molecule has 1 aromatic heterocycles. The molecular weight excluding hydrogens is 360 g/mol. The van der Waals surface area contributed by atoms with Gasteiger partial charge in [-0.15, -0.1) is 0 Å². The molecule has 0 aliphatic heterocycles. The zero-order chi connectivity index (χ0) is 20.7. The van der Waals surface area contributed by atoms with Gasteiger partial charge in [-0.3, -0.25) is 4.79 Å². The molecule has 1 aromatic carbocycles. The number of carbonyl (C=O) groups excluding carboxylic acids is 1. The van der Waals surface area contributed by atoms with Crippen molar-refractivity contribution in [1.82, 2.24) is 0 Å². The summed E-state index contributed by atoms with van der Waals surface area (Å²) in [5.41, 5.74) is 1.92. The van der Waals surface area contributed by atoms with Crippen LogP contribution in [0.25, 0.3) is 11.0 Å². The number of allylic oxidation sites excluding steroid dienone is 3. The van der Waals surface area contributed by atoms with Crippen molar-refractivity contribution in [1.29, 1.82) is 0 Å². The summed E-state index contributed by atoms with van der Waals surface area (Å²) < 4.78 is 21.5. The van der Waals surface area contributed by atoms with Gasteiger partial charge < -0.3 is 18.6 Å². The summed E-state index contributed by atoms with van der Waals surface area (Å²) in [5.74, 6) is -0.120. The molecule has 1 heterocycles. The van der Waals surface area contributed by atoms with E-state index in [2.05, 4.69) is 19.9 Å². The molecule has 0 bridgehead atoms. The van der Waals surface area contributed by atoms with Crippen LogP contribution in [0, 0.1) is 0 Å². The van der Waals surface area contributed by atoms with E-state index in [0.717, 1.165) is 12.8 Å². The van der Waals surface area contributed by atoms with Crippen molar-refractivity contribution in [3.63, 3.8) is 0 Å². The molecule has 0 aliphatic carbocycles. The smallest absolute Gasteiger partial charge is 0.383 e. The van der Waals surface area contributed by atoms with E-state index < -0.39 is 11.6 Å². The number of benzene rings is 1. The highest BCUT2D eigenvalue weighted by Gasteiger charge is 2.19. The van der Waals surface area contributed by atoms with Crippen LogP contribution in [0.5, 0.6) is 17.2 Å². The molecule has 0 saturated heterocycles. The van der Waals surface area contributed by atoms with Gasteiger partial charge in [0.2, 0.25) is 5.75 Å². The van der Waals surface area contributed by atoms with E-state index in [1.54, 1.807) is 18.2 Å². The van der Waals surface area contributed by atoms with Gasteiger partial charge >= 0.3 is 11.6 Å². The van der Waals surface area contributed by atoms with Crippen molar-refractivity contribution in [2.45, 2.75) is 40.5 Å². The Morgan fingerprint density at radius 1 is 1.11 bits per heavy atom. The minimum atomic E-state index is -0.700. The monoisotopic (exact) mass is 386 g/mol. The van der Waals surface area contributed by atoms with E-state index in [-0.39, 0.29) is 29.4 Å². The second kappa shape index (κ2) is 9.78. The lowest BCUT2D eigenvalue weighted by Crippen LogP contribution is -2.09. The molecule has 0 aliphatic rings. The summed E-state index contributed by atoms with van der Waals surface area (Å²) in [6.07, 6.45) is 6.06. The molecule has 6 heteroatoms. The maximum atomic E-state index is 12.3. The average molecular weight is 386 g/mol. The fourth-order valence-corrected chi connectivity index (χ4v) is 2.67. The Morgan fingerprint density at radius 3 is 2.50 bits per heavy atom. The third-order valence-electron chi connectivity index (χ3n) is 4.02. The van der Waals surface area contributed by atoms with Crippen molar-refractivity contribution in [3.05, 3.63) is 51.9 Å². The van der Waals surface area contributed by atoms with Gasteiger partial charge in [0.1, 0.15) is 6.61 Å². The summed E-state index contributed by atoms with van der Waals surface area (Å²) >= 11 is 0. The van der Waals surface area contributed by atoms with Crippen LogP contribution in [0.1, 0.15) is 40.5 Å². The molecule has 0 unspecified atom stereocenters. The van der Waals surface area contributed by atoms with Crippen LogP contribution in [0.2, 0.25) is 0 Å². The first kappa shape index (κ1) is 21.3. The van der Waals surface area contributed by atoms with Crippen LogP contribution >= 0.6 is 0 Å². The van der Waals surface area contributed by atoms with Gasteiger partial charge in [0.05, 0.1) is 12.5 Å². The summed E-state index contributed by atoms with van der Waals surface area (Å²) in [7, 11) is 1.38. The Bertz CT molecular complexity index is 961. The Morgan fingerprint density at radius 2 is 1.86 bits per heavy atom. The number of fused-ring (bicyclic) bond motifs is 1. The Hall–Kier alpha value is -3.02. The number of carbonyl (C=O) groups is 1. The molecule has 6 nitrogen and oxygen atoms in total. The van der Waals surface area contributed by atoms with Crippen molar-refractivity contribution in [2.75, 3.05) is 13.7 Å². The van der Waals surface area contributed by atoms with E-state index in [1.165, 1.54) is 25.2 Å². The molecule has 0 saturated carbocycles. The van der Waals surface area contributed by atoms with E-state index in [9.17, 15) is 9.59 Å². The molecule has 0 spiro atoms. The second-order valence-electron chi connectivity index (χ2n) is 6.66. The van der Waals surface area contributed by atoms with Crippen LogP contribution in [-0.4, -0.2) is 19.7 Å². The fraction of sp³-hybridized carbons (Fsp3) is 0.364. The molecule has 28 heavy (non-hydrogen) atoms. The van der Waals surface area contributed by atoms with Crippen LogP contribution in [0.3, 0.4) is 0 Å². The zero-order valence-electron chi connectivity index (χ0n) is 17.0. The number of para-hydroxylation sites is 1. The standard InChI is InChI=1S/C22H26O6/c1-14(2)8-6-9-15(3)12-13-26-20-17-10-7-11-18(27-16(4)23)19(17)28-22(24)21(20)25-5/h7-8,10-12H,6,9,13H2,1-5H3/b15-12+. The van der Waals surface area contributed by atoms with E-state index in [0.29, 0.717) is 5.39 Å². The average Bonchev–Trinajstić information content (AvgIpc) is 2.61. The second-order valence-corrected chi connectivity index (χ2v) is 6.66. The predicted octanol–water partition coefficient (Wildman–Crippen LogP) is 4.80. The normalized spacial score (nSPS) is 11.2. The number of hydrogen-bond donors (Lipinski definition) is 0. The highest BCUT2D eigenvalue weighted by Crippen LogP contribution is 2.36. The Balaban J connectivity index is 2.33. The summed E-state index contributed by atoms with van der Waals surface area (Å²) in [4.78, 5) is 23.6. The third kappa shape index (κ3) is 5.49. The highest BCUT2D eigenvalue weighted by atomic mass is 16.5. The largest absolute Gasteiger partial charge is 0.487 e. The number of rotatable bonds is 8. The number of methoxy groups -OCH3 is 1. The topological polar surface area (TPSA) is 75.0 Å². The SMILES string of the molecule is COc1c(OC/C=C(\C)CCC=C(C)C)c2cccc(OC(C)=O)c2oc1=O. The lowest BCUT2D eigenvalue weighted by Gasteiger charge is -2.12. The maximum absolute atomic E-state index is 12.3. The van der Waals surface area contributed by atoms with Gasteiger partial charge in [-0.05, 0) is 51.8 Å². The Labute approximate surface area is 164 Å². The number of ether oxygens (including phenoxy) is 3. The predicted molar refractivity (Wildman–Crippen MR) is 108 cm³/mol.